The molecule has 1 aliphatic heterocycles. The Balaban J connectivity index is 0.00000300. The highest BCUT2D eigenvalue weighted by Gasteiger charge is 2.15. The quantitative estimate of drug-likeness (QED) is 0.305. The summed E-state index contributed by atoms with van der Waals surface area (Å²) in [5, 5.41) is 6.74. The molecular weight excluding hydrogens is 479 g/mol. The van der Waals surface area contributed by atoms with Crippen LogP contribution in [0.4, 0.5) is 0 Å². The molecule has 0 spiro atoms. The lowest BCUT2D eigenvalue weighted by Crippen LogP contribution is -2.41. The highest BCUT2D eigenvalue weighted by atomic mass is 127. The van der Waals surface area contributed by atoms with E-state index < -0.39 is 0 Å². The van der Waals surface area contributed by atoms with Crippen LogP contribution in [0.2, 0.25) is 0 Å². The van der Waals surface area contributed by atoms with Gasteiger partial charge in [0.25, 0.3) is 0 Å². The Bertz CT molecular complexity index is 730. The Kier molecular flexibility index (Phi) is 10.5. The Hall–Kier alpha value is -1.58. The maximum Gasteiger partial charge on any atom is 0.191 e. The number of nitrogens with zero attached hydrogens (tertiary/aromatic N) is 2. The second-order valence-corrected chi connectivity index (χ2v) is 7.23. The molecule has 1 aliphatic rings. The maximum absolute atomic E-state index is 5.69. The fourth-order valence-corrected chi connectivity index (χ4v) is 3.40. The molecule has 1 aromatic carbocycles. The van der Waals surface area contributed by atoms with Crippen molar-refractivity contribution in [2.24, 2.45) is 4.99 Å². The SMILES string of the molecule is CCNC(=NCc1ccccc1CN(C)Cc1ccco1)NCC1CCCO1.I. The lowest BCUT2D eigenvalue weighted by Gasteiger charge is -2.18. The van der Waals surface area contributed by atoms with Crippen LogP contribution in [0.5, 0.6) is 0 Å². The number of hydrogen-bond donors (Lipinski definition) is 2. The summed E-state index contributed by atoms with van der Waals surface area (Å²) in [5.74, 6) is 1.82. The first-order chi connectivity index (χ1) is 13.7. The van der Waals surface area contributed by atoms with Gasteiger partial charge in [-0.25, -0.2) is 4.99 Å². The zero-order valence-corrected chi connectivity index (χ0v) is 19.7. The van der Waals surface area contributed by atoms with Crippen LogP contribution in [0.1, 0.15) is 36.7 Å². The molecule has 2 N–H and O–H groups in total. The van der Waals surface area contributed by atoms with Crippen molar-refractivity contribution in [1.82, 2.24) is 15.5 Å². The smallest absolute Gasteiger partial charge is 0.191 e. The van der Waals surface area contributed by atoms with E-state index in [1.165, 1.54) is 11.1 Å². The average molecular weight is 512 g/mol. The van der Waals surface area contributed by atoms with Gasteiger partial charge >= 0.3 is 0 Å². The predicted molar refractivity (Wildman–Crippen MR) is 128 cm³/mol. The van der Waals surface area contributed by atoms with Gasteiger partial charge < -0.3 is 19.8 Å². The van der Waals surface area contributed by atoms with Crippen LogP contribution in [0.3, 0.4) is 0 Å². The van der Waals surface area contributed by atoms with Crippen molar-refractivity contribution in [3.05, 3.63) is 59.5 Å². The highest BCUT2D eigenvalue weighted by molar-refractivity contribution is 14.0. The summed E-state index contributed by atoms with van der Waals surface area (Å²) < 4.78 is 11.1. The van der Waals surface area contributed by atoms with Crippen LogP contribution in [-0.2, 0) is 24.4 Å². The molecular formula is C22H33IN4O2. The van der Waals surface area contributed by atoms with Crippen LogP contribution in [0.15, 0.2) is 52.1 Å². The minimum absolute atomic E-state index is 0. The van der Waals surface area contributed by atoms with Gasteiger partial charge in [0, 0.05) is 26.2 Å². The number of halogens is 1. The number of rotatable bonds is 9. The zero-order chi connectivity index (χ0) is 19.6. The summed E-state index contributed by atoms with van der Waals surface area (Å²) in [6.07, 6.45) is 4.29. The standard InChI is InChI=1S/C22H32N4O2.HI/c1-3-23-22(25-15-20-10-6-12-27-20)24-14-18-8-4-5-9-19(18)16-26(2)17-21-11-7-13-28-21;/h4-5,7-9,11,13,20H,3,6,10,12,14-17H2,1-2H3,(H2,23,24,25);1H. The van der Waals surface area contributed by atoms with E-state index in [0.717, 1.165) is 57.3 Å². The molecule has 0 bridgehead atoms. The number of nitrogens with one attached hydrogen (secondary N) is 2. The summed E-state index contributed by atoms with van der Waals surface area (Å²) in [4.78, 5) is 7.04. The summed E-state index contributed by atoms with van der Waals surface area (Å²) in [5.41, 5.74) is 2.53. The number of aliphatic imine (C=N–C) groups is 1. The molecule has 0 saturated carbocycles. The summed E-state index contributed by atoms with van der Waals surface area (Å²) in [6, 6.07) is 12.4. The van der Waals surface area contributed by atoms with Gasteiger partial charge in [0.2, 0.25) is 0 Å². The molecule has 0 aliphatic carbocycles. The van der Waals surface area contributed by atoms with Crippen LogP contribution < -0.4 is 10.6 Å². The van der Waals surface area contributed by atoms with Gasteiger partial charge in [0.1, 0.15) is 5.76 Å². The normalized spacial score (nSPS) is 16.7. The number of benzene rings is 1. The third-order valence-electron chi connectivity index (χ3n) is 4.84. The monoisotopic (exact) mass is 512 g/mol. The molecule has 0 radical (unpaired) electrons. The minimum Gasteiger partial charge on any atom is -0.468 e. The summed E-state index contributed by atoms with van der Waals surface area (Å²) in [6.45, 7) is 6.89. The Morgan fingerprint density at radius 1 is 1.14 bits per heavy atom. The van der Waals surface area contributed by atoms with Crippen molar-refractivity contribution < 1.29 is 9.15 Å². The van der Waals surface area contributed by atoms with Crippen LogP contribution in [0, 0.1) is 0 Å². The van der Waals surface area contributed by atoms with Crippen LogP contribution >= 0.6 is 24.0 Å². The van der Waals surface area contributed by atoms with Gasteiger partial charge in [-0.2, -0.15) is 0 Å². The largest absolute Gasteiger partial charge is 0.468 e. The van der Waals surface area contributed by atoms with E-state index in [4.69, 9.17) is 14.1 Å². The van der Waals surface area contributed by atoms with Crippen molar-refractivity contribution >= 4 is 29.9 Å². The van der Waals surface area contributed by atoms with E-state index in [2.05, 4.69) is 53.8 Å². The number of hydrogen-bond acceptors (Lipinski definition) is 4. The molecule has 1 saturated heterocycles. The van der Waals surface area contributed by atoms with Gasteiger partial charge in [-0.15, -0.1) is 24.0 Å². The van der Waals surface area contributed by atoms with Crippen LogP contribution in [0.25, 0.3) is 0 Å². The second-order valence-electron chi connectivity index (χ2n) is 7.23. The summed E-state index contributed by atoms with van der Waals surface area (Å²) >= 11 is 0. The van der Waals surface area contributed by atoms with Gasteiger partial charge in [0.15, 0.2) is 5.96 Å². The fraction of sp³-hybridized carbons (Fsp3) is 0.500. The van der Waals surface area contributed by atoms with Crippen molar-refractivity contribution in [2.75, 3.05) is 26.7 Å². The van der Waals surface area contributed by atoms with Gasteiger partial charge in [-0.05, 0) is 50.1 Å². The zero-order valence-electron chi connectivity index (χ0n) is 17.4. The van der Waals surface area contributed by atoms with E-state index in [0.29, 0.717) is 12.6 Å². The highest BCUT2D eigenvalue weighted by Crippen LogP contribution is 2.14. The Labute approximate surface area is 191 Å². The van der Waals surface area contributed by atoms with Gasteiger partial charge in [0.05, 0.1) is 25.5 Å². The first kappa shape index (κ1) is 23.7. The van der Waals surface area contributed by atoms with Gasteiger partial charge in [-0.1, -0.05) is 24.3 Å². The third-order valence-corrected chi connectivity index (χ3v) is 4.84. The minimum atomic E-state index is 0. The van der Waals surface area contributed by atoms with E-state index >= 15 is 0 Å². The summed E-state index contributed by atoms with van der Waals surface area (Å²) in [7, 11) is 2.11. The lowest BCUT2D eigenvalue weighted by molar-refractivity contribution is 0.114. The second kappa shape index (κ2) is 12.9. The molecule has 7 heteroatoms. The molecule has 2 heterocycles. The molecule has 1 unspecified atom stereocenters. The lowest BCUT2D eigenvalue weighted by atomic mass is 10.1. The van der Waals surface area contributed by atoms with E-state index in [1.54, 1.807) is 6.26 Å². The van der Waals surface area contributed by atoms with Crippen molar-refractivity contribution in [2.45, 2.75) is 45.5 Å². The van der Waals surface area contributed by atoms with E-state index in [-0.39, 0.29) is 24.0 Å². The maximum atomic E-state index is 5.69. The first-order valence-corrected chi connectivity index (χ1v) is 10.2. The fourth-order valence-electron chi connectivity index (χ4n) is 3.40. The Morgan fingerprint density at radius 2 is 1.97 bits per heavy atom. The van der Waals surface area contributed by atoms with Crippen LogP contribution in [-0.4, -0.2) is 43.7 Å². The molecule has 160 valence electrons. The number of ether oxygens (including phenoxy) is 1. The topological polar surface area (TPSA) is 62.0 Å². The molecule has 2 aromatic rings. The molecule has 1 aromatic heterocycles. The van der Waals surface area contributed by atoms with Crippen molar-refractivity contribution in [1.29, 1.82) is 0 Å². The molecule has 29 heavy (non-hydrogen) atoms. The van der Waals surface area contributed by atoms with Crippen molar-refractivity contribution in [3.8, 4) is 0 Å². The molecule has 0 amide bonds. The van der Waals surface area contributed by atoms with E-state index in [1.807, 2.05) is 12.1 Å². The first-order valence-electron chi connectivity index (χ1n) is 10.2. The number of guanidine groups is 1. The molecule has 3 rings (SSSR count). The Morgan fingerprint density at radius 3 is 2.66 bits per heavy atom. The molecule has 1 atom stereocenters. The molecule has 1 fully saturated rings. The van der Waals surface area contributed by atoms with E-state index in [9.17, 15) is 0 Å². The predicted octanol–water partition coefficient (Wildman–Crippen LogP) is 3.76. The average Bonchev–Trinajstić information content (AvgIpc) is 3.39. The number of furan rings is 1. The molecule has 6 nitrogen and oxygen atoms in total. The third kappa shape index (κ3) is 7.98. The van der Waals surface area contributed by atoms with Crippen molar-refractivity contribution in [3.63, 3.8) is 0 Å². The van der Waals surface area contributed by atoms with Gasteiger partial charge in [-0.3, -0.25) is 4.90 Å².